The second-order valence-corrected chi connectivity index (χ2v) is 5.21. The van der Waals surface area contributed by atoms with Gasteiger partial charge in [-0.2, -0.15) is 0 Å². The smallest absolute Gasteiger partial charge is 0.225 e. The van der Waals surface area contributed by atoms with Crippen molar-refractivity contribution in [2.75, 3.05) is 13.1 Å². The van der Waals surface area contributed by atoms with Crippen LogP contribution in [0.3, 0.4) is 0 Å². The Morgan fingerprint density at radius 2 is 1.73 bits per heavy atom. The molecule has 2 aliphatic rings. The van der Waals surface area contributed by atoms with E-state index in [9.17, 15) is 4.79 Å². The van der Waals surface area contributed by atoms with Gasteiger partial charge in [0.05, 0.1) is 0 Å². The maximum atomic E-state index is 12.2. The highest BCUT2D eigenvalue weighted by Gasteiger charge is 2.38. The van der Waals surface area contributed by atoms with E-state index in [-0.39, 0.29) is 5.92 Å². The molecule has 0 aromatic heterocycles. The lowest BCUT2D eigenvalue weighted by molar-refractivity contribution is -0.135. The van der Waals surface area contributed by atoms with E-state index >= 15 is 0 Å². The molecule has 1 aliphatic heterocycles. The van der Waals surface area contributed by atoms with Crippen molar-refractivity contribution in [3.8, 4) is 0 Å². The molecule has 1 heterocycles. The summed E-state index contributed by atoms with van der Waals surface area (Å²) in [4.78, 5) is 14.3. The third-order valence-electron chi connectivity index (χ3n) is 4.37. The molecule has 86 valence electrons. The van der Waals surface area contributed by atoms with E-state index in [4.69, 9.17) is 0 Å². The van der Waals surface area contributed by atoms with Gasteiger partial charge in [0, 0.05) is 19.0 Å². The van der Waals surface area contributed by atoms with Gasteiger partial charge in [0.2, 0.25) is 5.91 Å². The number of hydrogen-bond donors (Lipinski definition) is 0. The van der Waals surface area contributed by atoms with E-state index in [0.29, 0.717) is 5.91 Å². The first-order valence-corrected chi connectivity index (χ1v) is 6.55. The number of hydrogen-bond acceptors (Lipinski definition) is 1. The molecule has 0 aromatic rings. The average molecular weight is 209 g/mol. The van der Waals surface area contributed by atoms with Crippen molar-refractivity contribution in [3.63, 3.8) is 0 Å². The van der Waals surface area contributed by atoms with Crippen molar-refractivity contribution in [3.05, 3.63) is 0 Å². The molecule has 2 nitrogen and oxygen atoms in total. The quantitative estimate of drug-likeness (QED) is 0.700. The van der Waals surface area contributed by atoms with Crippen LogP contribution in [0.4, 0.5) is 0 Å². The number of carbonyl (C=O) groups is 1. The molecule has 0 radical (unpaired) electrons. The Hall–Kier alpha value is -0.530. The highest BCUT2D eigenvalue weighted by molar-refractivity contribution is 5.79. The second-order valence-electron chi connectivity index (χ2n) is 5.21. The van der Waals surface area contributed by atoms with Gasteiger partial charge in [0.1, 0.15) is 0 Å². The monoisotopic (exact) mass is 209 g/mol. The zero-order chi connectivity index (χ0) is 10.8. The summed E-state index contributed by atoms with van der Waals surface area (Å²) in [5.74, 6) is 2.38. The third kappa shape index (κ3) is 2.04. The van der Waals surface area contributed by atoms with Crippen molar-refractivity contribution < 1.29 is 4.79 Å². The largest absolute Gasteiger partial charge is 0.342 e. The molecule has 1 aliphatic carbocycles. The molecule has 1 saturated carbocycles. The van der Waals surface area contributed by atoms with Crippen molar-refractivity contribution in [1.82, 2.24) is 4.90 Å². The Bertz CT molecular complexity index is 223. The van der Waals surface area contributed by atoms with Crippen molar-refractivity contribution in [1.29, 1.82) is 0 Å². The van der Waals surface area contributed by atoms with E-state index in [0.717, 1.165) is 37.8 Å². The van der Waals surface area contributed by atoms with Gasteiger partial charge in [-0.3, -0.25) is 4.79 Å². The molecule has 2 atom stereocenters. The van der Waals surface area contributed by atoms with Crippen LogP contribution in [0.1, 0.15) is 46.0 Å². The van der Waals surface area contributed by atoms with Gasteiger partial charge < -0.3 is 4.90 Å². The lowest BCUT2D eigenvalue weighted by Crippen LogP contribution is -2.34. The Morgan fingerprint density at radius 1 is 1.20 bits per heavy atom. The van der Waals surface area contributed by atoms with E-state index in [2.05, 4.69) is 18.7 Å². The van der Waals surface area contributed by atoms with Crippen LogP contribution in [0.25, 0.3) is 0 Å². The van der Waals surface area contributed by atoms with Gasteiger partial charge in [-0.05, 0) is 37.5 Å². The standard InChI is InChI=1S/C13H23NO/c1-3-10(4-2)13(15)14-8-11-6-5-7-12(11)9-14/h10-12H,3-9H2,1-2H3. The minimum absolute atomic E-state index is 0.281. The van der Waals surface area contributed by atoms with Gasteiger partial charge in [0.25, 0.3) is 0 Å². The molecule has 2 fully saturated rings. The molecule has 2 heteroatoms. The molecule has 1 saturated heterocycles. The van der Waals surface area contributed by atoms with Crippen LogP contribution in [0.5, 0.6) is 0 Å². The zero-order valence-electron chi connectivity index (χ0n) is 10.0. The van der Waals surface area contributed by atoms with Crippen LogP contribution >= 0.6 is 0 Å². The summed E-state index contributed by atoms with van der Waals surface area (Å²) in [6.07, 6.45) is 6.11. The molecule has 2 rings (SSSR count). The van der Waals surface area contributed by atoms with Crippen LogP contribution in [-0.4, -0.2) is 23.9 Å². The Balaban J connectivity index is 1.92. The fourth-order valence-corrected chi connectivity index (χ4v) is 3.31. The van der Waals surface area contributed by atoms with Gasteiger partial charge in [-0.15, -0.1) is 0 Å². The van der Waals surface area contributed by atoms with E-state index in [1.54, 1.807) is 0 Å². The minimum atomic E-state index is 0.281. The van der Waals surface area contributed by atoms with Gasteiger partial charge >= 0.3 is 0 Å². The summed E-state index contributed by atoms with van der Waals surface area (Å²) in [5.41, 5.74) is 0. The fraction of sp³-hybridized carbons (Fsp3) is 0.923. The molecule has 0 bridgehead atoms. The lowest BCUT2D eigenvalue weighted by atomic mass is 10.0. The van der Waals surface area contributed by atoms with Crippen LogP contribution < -0.4 is 0 Å². The Labute approximate surface area is 93.0 Å². The summed E-state index contributed by atoms with van der Waals surface area (Å²) >= 11 is 0. The van der Waals surface area contributed by atoms with Gasteiger partial charge in [0.15, 0.2) is 0 Å². The molecule has 1 amide bonds. The number of rotatable bonds is 3. The third-order valence-corrected chi connectivity index (χ3v) is 4.37. The van der Waals surface area contributed by atoms with E-state index in [1.165, 1.54) is 19.3 Å². The summed E-state index contributed by atoms with van der Waals surface area (Å²) < 4.78 is 0. The summed E-state index contributed by atoms with van der Waals surface area (Å²) in [5, 5.41) is 0. The Morgan fingerprint density at radius 3 is 2.20 bits per heavy atom. The molecular formula is C13H23NO. The first-order valence-electron chi connectivity index (χ1n) is 6.55. The second kappa shape index (κ2) is 4.54. The summed E-state index contributed by atoms with van der Waals surface area (Å²) in [6.45, 7) is 6.37. The number of nitrogens with zero attached hydrogens (tertiary/aromatic N) is 1. The highest BCUT2D eigenvalue weighted by Crippen LogP contribution is 2.38. The van der Waals surface area contributed by atoms with Gasteiger partial charge in [-0.1, -0.05) is 20.3 Å². The normalized spacial score (nSPS) is 29.9. The van der Waals surface area contributed by atoms with Crippen molar-refractivity contribution in [2.24, 2.45) is 17.8 Å². The zero-order valence-corrected chi connectivity index (χ0v) is 10.0. The van der Waals surface area contributed by atoms with E-state index < -0.39 is 0 Å². The number of carbonyl (C=O) groups excluding carboxylic acids is 1. The number of likely N-dealkylation sites (tertiary alicyclic amines) is 1. The molecule has 15 heavy (non-hydrogen) atoms. The van der Waals surface area contributed by atoms with Crippen LogP contribution in [0.2, 0.25) is 0 Å². The minimum Gasteiger partial charge on any atom is -0.342 e. The molecular weight excluding hydrogens is 186 g/mol. The topological polar surface area (TPSA) is 20.3 Å². The average Bonchev–Trinajstić information content (AvgIpc) is 2.78. The predicted molar refractivity (Wildman–Crippen MR) is 61.5 cm³/mol. The number of fused-ring (bicyclic) bond motifs is 1. The lowest BCUT2D eigenvalue weighted by Gasteiger charge is -2.22. The van der Waals surface area contributed by atoms with Crippen molar-refractivity contribution in [2.45, 2.75) is 46.0 Å². The van der Waals surface area contributed by atoms with Crippen molar-refractivity contribution >= 4 is 5.91 Å². The Kier molecular flexibility index (Phi) is 3.32. The first kappa shape index (κ1) is 11.0. The number of amides is 1. The molecule has 2 unspecified atom stereocenters. The van der Waals surface area contributed by atoms with Gasteiger partial charge in [-0.25, -0.2) is 0 Å². The first-order chi connectivity index (χ1) is 7.26. The summed E-state index contributed by atoms with van der Waals surface area (Å²) in [6, 6.07) is 0. The maximum Gasteiger partial charge on any atom is 0.225 e. The molecule has 0 N–H and O–H groups in total. The fourth-order valence-electron chi connectivity index (χ4n) is 3.31. The molecule has 0 aromatic carbocycles. The van der Waals surface area contributed by atoms with E-state index in [1.807, 2.05) is 0 Å². The summed E-state index contributed by atoms with van der Waals surface area (Å²) in [7, 11) is 0. The van der Waals surface area contributed by atoms with Crippen LogP contribution in [0.15, 0.2) is 0 Å². The van der Waals surface area contributed by atoms with Crippen LogP contribution in [0, 0.1) is 17.8 Å². The maximum absolute atomic E-state index is 12.2. The highest BCUT2D eigenvalue weighted by atomic mass is 16.2. The van der Waals surface area contributed by atoms with Crippen LogP contribution in [-0.2, 0) is 4.79 Å². The molecule has 0 spiro atoms. The predicted octanol–water partition coefficient (Wildman–Crippen LogP) is 2.68. The SMILES string of the molecule is CCC(CC)C(=O)N1CC2CCCC2C1.